The predicted molar refractivity (Wildman–Crippen MR) is 130 cm³/mol. The summed E-state index contributed by atoms with van der Waals surface area (Å²) in [5.41, 5.74) is 6.15. The number of carbonyl (C=O) groups excluding carboxylic acids is 1. The molecule has 0 heterocycles. The molecule has 6 heteroatoms. The second-order valence-corrected chi connectivity index (χ2v) is 10.3. The van der Waals surface area contributed by atoms with Gasteiger partial charge in [-0.2, -0.15) is 0 Å². The SMILES string of the molecule is Cc1ccc(CN(C)C(=O)c2ccc(CN(c3c(C)cccc3C)S(C)(=O)=O)cc2)cc1. The van der Waals surface area contributed by atoms with Crippen molar-refractivity contribution >= 4 is 21.6 Å². The first-order valence-electron chi connectivity index (χ1n) is 10.5. The van der Waals surface area contributed by atoms with E-state index in [4.69, 9.17) is 0 Å². The van der Waals surface area contributed by atoms with Crippen molar-refractivity contribution in [2.45, 2.75) is 33.9 Å². The number of benzene rings is 3. The normalized spacial score (nSPS) is 11.3. The molecule has 32 heavy (non-hydrogen) atoms. The molecular weight excluding hydrogens is 420 g/mol. The smallest absolute Gasteiger partial charge is 0.253 e. The van der Waals surface area contributed by atoms with E-state index in [0.717, 1.165) is 22.3 Å². The molecule has 0 N–H and O–H groups in total. The first-order chi connectivity index (χ1) is 15.1. The summed E-state index contributed by atoms with van der Waals surface area (Å²) in [5, 5.41) is 0. The minimum Gasteiger partial charge on any atom is -0.337 e. The zero-order valence-electron chi connectivity index (χ0n) is 19.3. The second kappa shape index (κ2) is 9.57. The maximum atomic E-state index is 12.8. The number of aryl methyl sites for hydroxylation is 3. The Labute approximate surface area is 191 Å². The van der Waals surface area contributed by atoms with Gasteiger partial charge in [-0.15, -0.1) is 0 Å². The van der Waals surface area contributed by atoms with Crippen LogP contribution in [0.2, 0.25) is 0 Å². The Morgan fingerprint density at radius 1 is 0.781 bits per heavy atom. The highest BCUT2D eigenvalue weighted by molar-refractivity contribution is 7.92. The number of sulfonamides is 1. The zero-order chi connectivity index (χ0) is 23.5. The van der Waals surface area contributed by atoms with Crippen molar-refractivity contribution in [1.29, 1.82) is 0 Å². The Bertz CT molecular complexity index is 1180. The van der Waals surface area contributed by atoms with Gasteiger partial charge in [0.15, 0.2) is 0 Å². The highest BCUT2D eigenvalue weighted by atomic mass is 32.2. The molecule has 0 aliphatic rings. The van der Waals surface area contributed by atoms with Gasteiger partial charge in [0.1, 0.15) is 0 Å². The van der Waals surface area contributed by atoms with Crippen LogP contribution in [0.5, 0.6) is 0 Å². The van der Waals surface area contributed by atoms with Crippen molar-refractivity contribution in [3.05, 3.63) is 100 Å². The van der Waals surface area contributed by atoms with Crippen molar-refractivity contribution < 1.29 is 13.2 Å². The molecule has 1 amide bonds. The Morgan fingerprint density at radius 3 is 1.81 bits per heavy atom. The average molecular weight is 451 g/mol. The molecule has 0 unspecified atom stereocenters. The van der Waals surface area contributed by atoms with Crippen LogP contribution in [0.1, 0.15) is 38.2 Å². The Kier molecular flexibility index (Phi) is 7.04. The van der Waals surface area contributed by atoms with E-state index in [0.29, 0.717) is 17.8 Å². The first-order valence-corrected chi connectivity index (χ1v) is 12.3. The summed E-state index contributed by atoms with van der Waals surface area (Å²) in [5.74, 6) is -0.0770. The third-order valence-electron chi connectivity index (χ3n) is 5.50. The maximum absolute atomic E-state index is 12.8. The third-order valence-corrected chi connectivity index (χ3v) is 6.62. The number of amides is 1. The molecule has 168 valence electrons. The summed E-state index contributed by atoms with van der Waals surface area (Å²) < 4.78 is 26.6. The molecule has 0 fully saturated rings. The highest BCUT2D eigenvalue weighted by Crippen LogP contribution is 2.28. The molecule has 0 atom stereocenters. The largest absolute Gasteiger partial charge is 0.337 e. The van der Waals surface area contributed by atoms with Crippen LogP contribution in [0, 0.1) is 20.8 Å². The summed E-state index contributed by atoms with van der Waals surface area (Å²) in [4.78, 5) is 14.5. The predicted octanol–water partition coefficient (Wildman–Crippen LogP) is 4.85. The number of carbonyl (C=O) groups is 1. The number of nitrogens with zero attached hydrogens (tertiary/aromatic N) is 2. The van der Waals surface area contributed by atoms with Gasteiger partial charge >= 0.3 is 0 Å². The maximum Gasteiger partial charge on any atom is 0.253 e. The molecule has 5 nitrogen and oxygen atoms in total. The van der Waals surface area contributed by atoms with Crippen LogP contribution in [0.25, 0.3) is 0 Å². The highest BCUT2D eigenvalue weighted by Gasteiger charge is 2.21. The molecule has 3 aromatic rings. The number of rotatable bonds is 7. The fourth-order valence-electron chi connectivity index (χ4n) is 3.74. The van der Waals surface area contributed by atoms with Gasteiger partial charge < -0.3 is 4.90 Å². The van der Waals surface area contributed by atoms with Gasteiger partial charge in [0.05, 0.1) is 18.5 Å². The monoisotopic (exact) mass is 450 g/mol. The van der Waals surface area contributed by atoms with E-state index < -0.39 is 10.0 Å². The fraction of sp³-hybridized carbons (Fsp3) is 0.269. The lowest BCUT2D eigenvalue weighted by atomic mass is 10.1. The molecule has 3 rings (SSSR count). The van der Waals surface area contributed by atoms with Crippen molar-refractivity contribution in [1.82, 2.24) is 4.90 Å². The van der Waals surface area contributed by atoms with Gasteiger partial charge in [-0.25, -0.2) is 8.42 Å². The second-order valence-electron chi connectivity index (χ2n) is 8.35. The van der Waals surface area contributed by atoms with Crippen LogP contribution in [-0.4, -0.2) is 32.5 Å². The van der Waals surface area contributed by atoms with Gasteiger partial charge in [0, 0.05) is 19.2 Å². The van der Waals surface area contributed by atoms with E-state index >= 15 is 0 Å². The molecule has 0 saturated carbocycles. The van der Waals surface area contributed by atoms with Crippen LogP contribution in [0.4, 0.5) is 5.69 Å². The number of hydrogen-bond acceptors (Lipinski definition) is 3. The van der Waals surface area contributed by atoms with Gasteiger partial charge in [-0.05, 0) is 55.2 Å². The minimum absolute atomic E-state index is 0.0770. The van der Waals surface area contributed by atoms with Crippen LogP contribution in [-0.2, 0) is 23.1 Å². The average Bonchev–Trinajstić information content (AvgIpc) is 2.73. The summed E-state index contributed by atoms with van der Waals surface area (Å²) in [6, 6.07) is 21.0. The Morgan fingerprint density at radius 2 is 1.28 bits per heavy atom. The Hall–Kier alpha value is -3.12. The molecule has 0 aromatic heterocycles. The fourth-order valence-corrected chi connectivity index (χ4v) is 4.74. The lowest BCUT2D eigenvalue weighted by molar-refractivity contribution is 0.0785. The summed E-state index contributed by atoms with van der Waals surface area (Å²) >= 11 is 0. The first kappa shape index (κ1) is 23.5. The molecule has 0 radical (unpaired) electrons. The van der Waals surface area contributed by atoms with E-state index in [-0.39, 0.29) is 12.5 Å². The lowest BCUT2D eigenvalue weighted by Crippen LogP contribution is -2.30. The summed E-state index contributed by atoms with van der Waals surface area (Å²) in [6.07, 6.45) is 1.22. The van der Waals surface area contributed by atoms with E-state index in [1.807, 2.05) is 75.4 Å². The van der Waals surface area contributed by atoms with Crippen molar-refractivity contribution in [3.8, 4) is 0 Å². The molecule has 0 spiro atoms. The number of anilines is 1. The Balaban J connectivity index is 1.78. The molecular formula is C26H30N2O3S. The number of hydrogen-bond donors (Lipinski definition) is 0. The van der Waals surface area contributed by atoms with E-state index in [2.05, 4.69) is 0 Å². The molecule has 0 aliphatic heterocycles. The molecule has 0 saturated heterocycles. The summed E-state index contributed by atoms with van der Waals surface area (Å²) in [7, 11) is -1.70. The van der Waals surface area contributed by atoms with Gasteiger partial charge in [-0.1, -0.05) is 60.2 Å². The number of para-hydroxylation sites is 1. The standard InChI is InChI=1S/C26H30N2O3S/c1-19-9-11-22(12-10-19)17-27(4)26(29)24-15-13-23(14-16-24)18-28(32(5,30)31)25-20(2)7-6-8-21(25)3/h6-16H,17-18H2,1-5H3. The van der Waals surface area contributed by atoms with Gasteiger partial charge in [0.25, 0.3) is 5.91 Å². The quantitative estimate of drug-likeness (QED) is 0.517. The van der Waals surface area contributed by atoms with E-state index in [9.17, 15) is 13.2 Å². The zero-order valence-corrected chi connectivity index (χ0v) is 20.1. The molecule has 3 aromatic carbocycles. The van der Waals surface area contributed by atoms with Crippen molar-refractivity contribution in [2.24, 2.45) is 0 Å². The minimum atomic E-state index is -3.48. The lowest BCUT2D eigenvalue weighted by Gasteiger charge is -2.26. The van der Waals surface area contributed by atoms with Crippen LogP contribution in [0.15, 0.2) is 66.7 Å². The topological polar surface area (TPSA) is 57.7 Å². The van der Waals surface area contributed by atoms with Crippen molar-refractivity contribution in [3.63, 3.8) is 0 Å². The molecule has 0 bridgehead atoms. The van der Waals surface area contributed by atoms with Crippen LogP contribution < -0.4 is 4.31 Å². The van der Waals surface area contributed by atoms with Gasteiger partial charge in [0.2, 0.25) is 10.0 Å². The van der Waals surface area contributed by atoms with Crippen LogP contribution in [0.3, 0.4) is 0 Å². The van der Waals surface area contributed by atoms with E-state index in [1.165, 1.54) is 16.1 Å². The summed E-state index contributed by atoms with van der Waals surface area (Å²) in [6.45, 7) is 6.58. The van der Waals surface area contributed by atoms with E-state index in [1.54, 1.807) is 24.1 Å². The van der Waals surface area contributed by atoms with Crippen LogP contribution >= 0.6 is 0 Å². The van der Waals surface area contributed by atoms with Crippen molar-refractivity contribution in [2.75, 3.05) is 17.6 Å². The molecule has 0 aliphatic carbocycles. The van der Waals surface area contributed by atoms with Gasteiger partial charge in [-0.3, -0.25) is 9.10 Å². The third kappa shape index (κ3) is 5.56.